The Bertz CT molecular complexity index is 524. The van der Waals surface area contributed by atoms with Crippen LogP contribution >= 0.6 is 27.3 Å². The van der Waals surface area contributed by atoms with Crippen molar-refractivity contribution < 1.29 is 9.53 Å². The molecule has 0 aliphatic carbocycles. The van der Waals surface area contributed by atoms with Crippen LogP contribution in [-0.2, 0) is 0 Å². The fraction of sp³-hybridized carbons (Fsp3) is 0.0909. The van der Waals surface area contributed by atoms with Gasteiger partial charge in [-0.3, -0.25) is 9.78 Å². The average Bonchev–Trinajstić information content (AvgIpc) is 2.75. The molecule has 0 saturated carbocycles. The van der Waals surface area contributed by atoms with Crippen LogP contribution in [0.15, 0.2) is 33.7 Å². The van der Waals surface area contributed by atoms with Crippen molar-refractivity contribution in [2.24, 2.45) is 0 Å². The van der Waals surface area contributed by atoms with Gasteiger partial charge in [0.05, 0.1) is 17.1 Å². The summed E-state index contributed by atoms with van der Waals surface area (Å²) >= 11 is 4.81. The molecule has 0 aliphatic heterocycles. The number of thiophene rings is 1. The summed E-state index contributed by atoms with van der Waals surface area (Å²) in [6.07, 6.45) is 3.11. The normalized spacial score (nSPS) is 10.1. The fourth-order valence-corrected chi connectivity index (χ4v) is 2.39. The zero-order valence-corrected chi connectivity index (χ0v) is 10.8. The molecular formula is C11H8BrNO2S. The van der Waals surface area contributed by atoms with Crippen LogP contribution in [0, 0.1) is 0 Å². The summed E-state index contributed by atoms with van der Waals surface area (Å²) in [6, 6.07) is 3.48. The van der Waals surface area contributed by atoms with Crippen molar-refractivity contribution in [1.82, 2.24) is 4.98 Å². The summed E-state index contributed by atoms with van der Waals surface area (Å²) in [6.45, 7) is 0. The van der Waals surface area contributed by atoms with Gasteiger partial charge in [0, 0.05) is 22.7 Å². The van der Waals surface area contributed by atoms with Crippen molar-refractivity contribution in [2.75, 3.05) is 7.11 Å². The Morgan fingerprint density at radius 3 is 2.81 bits per heavy atom. The Morgan fingerprint density at radius 2 is 2.19 bits per heavy atom. The monoisotopic (exact) mass is 297 g/mol. The van der Waals surface area contributed by atoms with Crippen molar-refractivity contribution in [3.05, 3.63) is 44.8 Å². The lowest BCUT2D eigenvalue weighted by Gasteiger charge is -2.01. The van der Waals surface area contributed by atoms with E-state index in [0.29, 0.717) is 16.9 Å². The van der Waals surface area contributed by atoms with Crippen LogP contribution in [0.1, 0.15) is 15.9 Å². The lowest BCUT2D eigenvalue weighted by Crippen LogP contribution is -2.00. The number of halogens is 1. The molecule has 5 heteroatoms. The molecule has 0 N–H and O–H groups in total. The Hall–Kier alpha value is -1.20. The first-order chi connectivity index (χ1) is 7.70. The number of hydrogen-bond donors (Lipinski definition) is 0. The van der Waals surface area contributed by atoms with E-state index in [-0.39, 0.29) is 5.78 Å². The van der Waals surface area contributed by atoms with E-state index in [0.717, 1.165) is 3.79 Å². The van der Waals surface area contributed by atoms with Gasteiger partial charge in [0.1, 0.15) is 5.75 Å². The zero-order valence-electron chi connectivity index (χ0n) is 8.44. The number of ether oxygens (including phenoxy) is 1. The molecule has 0 bridgehead atoms. The minimum absolute atomic E-state index is 0.0478. The highest BCUT2D eigenvalue weighted by molar-refractivity contribution is 9.11. The van der Waals surface area contributed by atoms with Crippen LogP contribution in [0.4, 0.5) is 0 Å². The molecule has 0 atom stereocenters. The van der Waals surface area contributed by atoms with Crippen molar-refractivity contribution >= 4 is 33.0 Å². The topological polar surface area (TPSA) is 39.2 Å². The summed E-state index contributed by atoms with van der Waals surface area (Å²) in [5.74, 6) is 0.536. The van der Waals surface area contributed by atoms with Gasteiger partial charge in [0.2, 0.25) is 0 Å². The van der Waals surface area contributed by atoms with Crippen LogP contribution in [-0.4, -0.2) is 17.9 Å². The Labute approximate surface area is 105 Å². The van der Waals surface area contributed by atoms with Crippen molar-refractivity contribution in [1.29, 1.82) is 0 Å². The second-order valence-electron chi connectivity index (χ2n) is 3.08. The van der Waals surface area contributed by atoms with E-state index in [4.69, 9.17) is 4.74 Å². The first-order valence-corrected chi connectivity index (χ1v) is 6.16. The second-order valence-corrected chi connectivity index (χ2v) is 5.37. The van der Waals surface area contributed by atoms with Gasteiger partial charge >= 0.3 is 0 Å². The molecular weight excluding hydrogens is 290 g/mol. The molecule has 2 heterocycles. The minimum Gasteiger partial charge on any atom is -0.495 e. The molecule has 0 aromatic carbocycles. The Kier molecular flexibility index (Phi) is 3.36. The molecule has 16 heavy (non-hydrogen) atoms. The van der Waals surface area contributed by atoms with Gasteiger partial charge in [0.25, 0.3) is 0 Å². The summed E-state index contributed by atoms with van der Waals surface area (Å²) in [5, 5.41) is 1.81. The molecule has 82 valence electrons. The first-order valence-electron chi connectivity index (χ1n) is 4.48. The van der Waals surface area contributed by atoms with Gasteiger partial charge in [-0.05, 0) is 28.1 Å². The quantitative estimate of drug-likeness (QED) is 0.817. The van der Waals surface area contributed by atoms with Crippen LogP contribution in [0.25, 0.3) is 0 Å². The molecule has 0 unspecified atom stereocenters. The molecule has 0 saturated heterocycles. The predicted octanol–water partition coefficient (Wildman–Crippen LogP) is 3.15. The van der Waals surface area contributed by atoms with E-state index in [1.807, 2.05) is 5.38 Å². The fourth-order valence-electron chi connectivity index (χ4n) is 1.25. The molecule has 3 nitrogen and oxygen atoms in total. The van der Waals surface area contributed by atoms with Crippen LogP contribution in [0.5, 0.6) is 5.75 Å². The molecule has 2 rings (SSSR count). The Balaban J connectivity index is 2.33. The highest BCUT2D eigenvalue weighted by Gasteiger charge is 2.11. The van der Waals surface area contributed by atoms with Gasteiger partial charge < -0.3 is 4.74 Å². The van der Waals surface area contributed by atoms with Crippen LogP contribution < -0.4 is 4.74 Å². The standard InChI is InChI=1S/C11H8BrNO2S/c1-15-9-2-7(4-13-5-9)11(14)8-3-10(12)16-6-8/h2-6H,1H3. The number of methoxy groups -OCH3 is 1. The maximum absolute atomic E-state index is 12.0. The Morgan fingerprint density at radius 1 is 1.38 bits per heavy atom. The van der Waals surface area contributed by atoms with E-state index in [2.05, 4.69) is 20.9 Å². The van der Waals surface area contributed by atoms with Crippen LogP contribution in [0.3, 0.4) is 0 Å². The second kappa shape index (κ2) is 4.76. The lowest BCUT2D eigenvalue weighted by molar-refractivity contribution is 0.103. The van der Waals surface area contributed by atoms with Crippen molar-refractivity contribution in [2.45, 2.75) is 0 Å². The summed E-state index contributed by atoms with van der Waals surface area (Å²) in [5.41, 5.74) is 1.19. The lowest BCUT2D eigenvalue weighted by atomic mass is 10.1. The van der Waals surface area contributed by atoms with E-state index in [9.17, 15) is 4.79 Å². The van der Waals surface area contributed by atoms with Gasteiger partial charge in [-0.2, -0.15) is 0 Å². The number of nitrogens with zero attached hydrogens (tertiary/aromatic N) is 1. The number of pyridine rings is 1. The van der Waals surface area contributed by atoms with E-state index >= 15 is 0 Å². The molecule has 0 fully saturated rings. The smallest absolute Gasteiger partial charge is 0.195 e. The maximum Gasteiger partial charge on any atom is 0.195 e. The number of rotatable bonds is 3. The summed E-state index contributed by atoms with van der Waals surface area (Å²) in [4.78, 5) is 16.0. The van der Waals surface area contributed by atoms with Crippen molar-refractivity contribution in [3.8, 4) is 5.75 Å². The SMILES string of the molecule is COc1cncc(C(=O)c2csc(Br)c2)c1. The number of carbonyl (C=O) groups is 1. The van der Waals surface area contributed by atoms with Gasteiger partial charge in [-0.15, -0.1) is 11.3 Å². The number of aromatic nitrogens is 1. The first kappa shape index (κ1) is 11.3. The largest absolute Gasteiger partial charge is 0.495 e. The zero-order chi connectivity index (χ0) is 11.5. The molecule has 0 radical (unpaired) electrons. The molecule has 0 amide bonds. The molecule has 0 aliphatic rings. The van der Waals surface area contributed by atoms with Gasteiger partial charge in [0.15, 0.2) is 5.78 Å². The number of ketones is 1. The third kappa shape index (κ3) is 2.31. The van der Waals surface area contributed by atoms with Crippen LogP contribution in [0.2, 0.25) is 0 Å². The van der Waals surface area contributed by atoms with Gasteiger partial charge in [-0.25, -0.2) is 0 Å². The molecule has 2 aromatic rings. The minimum atomic E-state index is -0.0478. The van der Waals surface area contributed by atoms with Gasteiger partial charge in [-0.1, -0.05) is 0 Å². The molecule has 0 spiro atoms. The van der Waals surface area contributed by atoms with Crippen molar-refractivity contribution in [3.63, 3.8) is 0 Å². The third-order valence-electron chi connectivity index (χ3n) is 2.04. The third-order valence-corrected chi connectivity index (χ3v) is 3.55. The van der Waals surface area contributed by atoms with E-state index in [1.165, 1.54) is 17.5 Å². The predicted molar refractivity (Wildman–Crippen MR) is 66.2 cm³/mol. The highest BCUT2D eigenvalue weighted by Crippen LogP contribution is 2.23. The highest BCUT2D eigenvalue weighted by atomic mass is 79.9. The van der Waals surface area contributed by atoms with E-state index in [1.54, 1.807) is 25.4 Å². The number of carbonyl (C=O) groups excluding carboxylic acids is 1. The summed E-state index contributed by atoms with van der Waals surface area (Å²) in [7, 11) is 1.55. The average molecular weight is 298 g/mol. The maximum atomic E-state index is 12.0. The number of hydrogen-bond acceptors (Lipinski definition) is 4. The summed E-state index contributed by atoms with van der Waals surface area (Å²) < 4.78 is 5.96. The molecule has 2 aromatic heterocycles. The van der Waals surface area contributed by atoms with E-state index < -0.39 is 0 Å².